The van der Waals surface area contributed by atoms with Crippen LogP contribution in [-0.2, 0) is 14.8 Å². The molecule has 0 saturated carbocycles. The summed E-state index contributed by atoms with van der Waals surface area (Å²) in [7, 11) is -2.68. The molecule has 0 saturated heterocycles. The SMILES string of the molecule is COc1ccc(C)cc1N(CC(=O)Nc1ccc(F)c(Cl)c1)S(=O)(=O)c1ccccc1. The van der Waals surface area contributed by atoms with Crippen molar-refractivity contribution in [2.24, 2.45) is 0 Å². The Morgan fingerprint density at radius 2 is 1.81 bits per heavy atom. The minimum absolute atomic E-state index is 0.0242. The monoisotopic (exact) mass is 462 g/mol. The van der Waals surface area contributed by atoms with E-state index in [0.717, 1.165) is 15.9 Å². The summed E-state index contributed by atoms with van der Waals surface area (Å²) in [5.74, 6) is -0.967. The molecule has 0 aliphatic heterocycles. The summed E-state index contributed by atoms with van der Waals surface area (Å²) in [6.07, 6.45) is 0. The summed E-state index contributed by atoms with van der Waals surface area (Å²) in [4.78, 5) is 12.8. The van der Waals surface area contributed by atoms with Crippen molar-refractivity contribution in [1.82, 2.24) is 0 Å². The lowest BCUT2D eigenvalue weighted by Crippen LogP contribution is -2.38. The highest BCUT2D eigenvalue weighted by molar-refractivity contribution is 7.92. The standard InChI is InChI=1S/C22H20ClFN2O4S/c1-15-8-11-21(30-2)20(12-15)26(31(28,29)17-6-4-3-5-7-17)14-22(27)25-16-9-10-19(24)18(23)13-16/h3-13H,14H2,1-2H3,(H,25,27). The van der Waals surface area contributed by atoms with Crippen molar-refractivity contribution in [2.75, 3.05) is 23.3 Å². The van der Waals surface area contributed by atoms with Gasteiger partial charge in [-0.2, -0.15) is 0 Å². The van der Waals surface area contributed by atoms with Crippen molar-refractivity contribution >= 4 is 38.9 Å². The summed E-state index contributed by atoms with van der Waals surface area (Å²) in [5, 5.41) is 2.39. The molecular weight excluding hydrogens is 443 g/mol. The number of nitrogens with zero attached hydrogens (tertiary/aromatic N) is 1. The molecule has 9 heteroatoms. The van der Waals surface area contributed by atoms with Crippen molar-refractivity contribution in [3.8, 4) is 5.75 Å². The van der Waals surface area contributed by atoms with Crippen LogP contribution in [0.2, 0.25) is 5.02 Å². The van der Waals surface area contributed by atoms with Crippen molar-refractivity contribution in [3.63, 3.8) is 0 Å². The number of hydrogen-bond donors (Lipinski definition) is 1. The molecular formula is C22H20ClFN2O4S. The maximum absolute atomic E-state index is 13.4. The van der Waals surface area contributed by atoms with Gasteiger partial charge in [-0.05, 0) is 55.0 Å². The van der Waals surface area contributed by atoms with Crippen LogP contribution in [0, 0.1) is 12.7 Å². The first-order valence-corrected chi connectivity index (χ1v) is 11.0. The van der Waals surface area contributed by atoms with Gasteiger partial charge >= 0.3 is 0 Å². The van der Waals surface area contributed by atoms with Crippen molar-refractivity contribution in [1.29, 1.82) is 0 Å². The summed E-state index contributed by atoms with van der Waals surface area (Å²) >= 11 is 5.76. The van der Waals surface area contributed by atoms with Crippen LogP contribution in [0.5, 0.6) is 5.75 Å². The van der Waals surface area contributed by atoms with Crippen LogP contribution < -0.4 is 14.4 Å². The second-order valence-corrected chi connectivity index (χ2v) is 8.95. The largest absolute Gasteiger partial charge is 0.495 e. The van der Waals surface area contributed by atoms with Crippen LogP contribution >= 0.6 is 11.6 Å². The lowest BCUT2D eigenvalue weighted by Gasteiger charge is -2.26. The van der Waals surface area contributed by atoms with Gasteiger partial charge in [0.2, 0.25) is 5.91 Å². The van der Waals surface area contributed by atoms with Gasteiger partial charge in [-0.25, -0.2) is 12.8 Å². The van der Waals surface area contributed by atoms with Gasteiger partial charge in [-0.15, -0.1) is 0 Å². The van der Waals surface area contributed by atoms with E-state index in [9.17, 15) is 17.6 Å². The number of anilines is 2. The molecule has 3 aromatic rings. The van der Waals surface area contributed by atoms with Crippen LogP contribution in [0.4, 0.5) is 15.8 Å². The third-order valence-corrected chi connectivity index (χ3v) is 6.49. The zero-order chi connectivity index (χ0) is 22.6. The number of hydrogen-bond acceptors (Lipinski definition) is 4. The van der Waals surface area contributed by atoms with Crippen LogP contribution in [0.1, 0.15) is 5.56 Å². The number of aryl methyl sites for hydroxylation is 1. The molecule has 0 heterocycles. The van der Waals surface area contributed by atoms with E-state index < -0.39 is 28.3 Å². The number of carbonyl (C=O) groups is 1. The first-order valence-electron chi connectivity index (χ1n) is 9.19. The molecule has 0 fully saturated rings. The molecule has 31 heavy (non-hydrogen) atoms. The first kappa shape index (κ1) is 22.6. The van der Waals surface area contributed by atoms with E-state index in [1.807, 2.05) is 0 Å². The van der Waals surface area contributed by atoms with Crippen molar-refractivity contribution in [2.45, 2.75) is 11.8 Å². The minimum atomic E-state index is -4.10. The molecule has 0 atom stereocenters. The smallest absolute Gasteiger partial charge is 0.264 e. The number of methoxy groups -OCH3 is 1. The van der Waals surface area contributed by atoms with Gasteiger partial charge < -0.3 is 10.1 Å². The Labute approximate surface area is 185 Å². The maximum atomic E-state index is 13.4. The molecule has 0 radical (unpaired) electrons. The Kier molecular flexibility index (Phi) is 6.82. The number of sulfonamides is 1. The first-order chi connectivity index (χ1) is 14.7. The summed E-state index contributed by atoms with van der Waals surface area (Å²) < 4.78 is 46.5. The lowest BCUT2D eigenvalue weighted by molar-refractivity contribution is -0.114. The van der Waals surface area contributed by atoms with Crippen LogP contribution in [0.15, 0.2) is 71.6 Å². The van der Waals surface area contributed by atoms with E-state index in [1.54, 1.807) is 43.3 Å². The van der Waals surface area contributed by atoms with Crippen LogP contribution in [0.25, 0.3) is 0 Å². The Morgan fingerprint density at radius 1 is 1.10 bits per heavy atom. The van der Waals surface area contributed by atoms with E-state index in [4.69, 9.17) is 16.3 Å². The zero-order valence-electron chi connectivity index (χ0n) is 16.8. The lowest BCUT2D eigenvalue weighted by atomic mass is 10.2. The predicted molar refractivity (Wildman–Crippen MR) is 119 cm³/mol. The quantitative estimate of drug-likeness (QED) is 0.555. The number of nitrogens with one attached hydrogen (secondary N) is 1. The molecule has 3 aromatic carbocycles. The van der Waals surface area contributed by atoms with Gasteiger partial charge in [0, 0.05) is 5.69 Å². The summed E-state index contributed by atoms with van der Waals surface area (Å²) in [6.45, 7) is 1.27. The molecule has 0 unspecified atom stereocenters. The highest BCUT2D eigenvalue weighted by Gasteiger charge is 2.29. The van der Waals surface area contributed by atoms with Crippen molar-refractivity contribution < 1.29 is 22.3 Å². The molecule has 1 N–H and O–H groups in total. The molecule has 0 bridgehead atoms. The summed E-state index contributed by atoms with van der Waals surface area (Å²) in [6, 6.07) is 16.5. The van der Waals surface area contributed by atoms with Crippen molar-refractivity contribution in [3.05, 3.63) is 83.1 Å². The molecule has 162 valence electrons. The Hall–Kier alpha value is -3.10. The van der Waals surface area contributed by atoms with E-state index in [1.165, 1.54) is 31.4 Å². The van der Waals surface area contributed by atoms with Gasteiger partial charge in [0.25, 0.3) is 10.0 Å². The number of amides is 1. The molecule has 6 nitrogen and oxygen atoms in total. The fourth-order valence-corrected chi connectivity index (χ4v) is 4.54. The predicted octanol–water partition coefficient (Wildman–Crippen LogP) is 4.63. The maximum Gasteiger partial charge on any atom is 0.264 e. The molecule has 0 spiro atoms. The second kappa shape index (κ2) is 9.36. The Bertz CT molecular complexity index is 1200. The average Bonchev–Trinajstić information content (AvgIpc) is 2.75. The topological polar surface area (TPSA) is 75.7 Å². The van der Waals surface area contributed by atoms with Gasteiger partial charge in [-0.3, -0.25) is 9.10 Å². The molecule has 0 aliphatic carbocycles. The highest BCUT2D eigenvalue weighted by Crippen LogP contribution is 2.33. The fourth-order valence-electron chi connectivity index (χ4n) is 2.92. The number of halogens is 2. The molecule has 0 aromatic heterocycles. The number of ether oxygens (including phenoxy) is 1. The van der Waals surface area contributed by atoms with Gasteiger partial charge in [0.1, 0.15) is 18.1 Å². The van der Waals surface area contributed by atoms with Crippen LogP contribution in [-0.4, -0.2) is 28.0 Å². The number of rotatable bonds is 7. The van der Waals surface area contributed by atoms with Gasteiger partial charge in [-0.1, -0.05) is 35.9 Å². The Morgan fingerprint density at radius 3 is 2.45 bits per heavy atom. The zero-order valence-corrected chi connectivity index (χ0v) is 18.4. The van der Waals surface area contributed by atoms with Gasteiger partial charge in [0.15, 0.2) is 0 Å². The average molecular weight is 463 g/mol. The molecule has 3 rings (SSSR count). The number of benzene rings is 3. The number of carbonyl (C=O) groups excluding carboxylic acids is 1. The van der Waals surface area contributed by atoms with Gasteiger partial charge in [0.05, 0.1) is 22.7 Å². The molecule has 1 amide bonds. The Balaban J connectivity index is 2.01. The molecule has 0 aliphatic rings. The fraction of sp³-hybridized carbons (Fsp3) is 0.136. The van der Waals surface area contributed by atoms with E-state index in [2.05, 4.69) is 5.32 Å². The minimum Gasteiger partial charge on any atom is -0.495 e. The van der Waals surface area contributed by atoms with Crippen LogP contribution in [0.3, 0.4) is 0 Å². The third-order valence-electron chi connectivity index (χ3n) is 4.42. The van der Waals surface area contributed by atoms with E-state index in [-0.39, 0.29) is 21.3 Å². The summed E-state index contributed by atoms with van der Waals surface area (Å²) in [5.41, 5.74) is 1.25. The van der Waals surface area contributed by atoms with E-state index in [0.29, 0.717) is 5.75 Å². The second-order valence-electron chi connectivity index (χ2n) is 6.68. The normalized spacial score (nSPS) is 11.1. The van der Waals surface area contributed by atoms with E-state index >= 15 is 0 Å². The highest BCUT2D eigenvalue weighted by atomic mass is 35.5. The third kappa shape index (κ3) is 5.15.